The Labute approximate surface area is 177 Å². The van der Waals surface area contributed by atoms with E-state index in [1.165, 1.54) is 19.2 Å². The number of benzene rings is 2. The van der Waals surface area contributed by atoms with Crippen molar-refractivity contribution in [3.8, 4) is 0 Å². The number of carbonyl (C=O) groups excluding carboxylic acids is 3. The molecule has 2 fully saturated rings. The van der Waals surface area contributed by atoms with Gasteiger partial charge in [-0.1, -0.05) is 30.3 Å². The number of imide groups is 2. The zero-order valence-corrected chi connectivity index (χ0v) is 16.8. The Kier molecular flexibility index (Phi) is 4.11. The van der Waals surface area contributed by atoms with E-state index in [4.69, 9.17) is 0 Å². The van der Waals surface area contributed by atoms with E-state index in [2.05, 4.69) is 5.32 Å². The summed E-state index contributed by atoms with van der Waals surface area (Å²) in [6, 6.07) is 13.2. The number of nitrogens with one attached hydrogen (secondary N) is 1. The second-order valence-corrected chi connectivity index (χ2v) is 8.35. The third-order valence-electron chi connectivity index (χ3n) is 6.81. The van der Waals surface area contributed by atoms with Crippen molar-refractivity contribution in [1.82, 2.24) is 10.2 Å². The average molecular weight is 420 g/mol. The van der Waals surface area contributed by atoms with Crippen LogP contribution in [0, 0.1) is 15.5 Å². The molecule has 0 aromatic heterocycles. The van der Waals surface area contributed by atoms with Gasteiger partial charge in [-0.15, -0.1) is 0 Å². The van der Waals surface area contributed by atoms with E-state index in [9.17, 15) is 24.5 Å². The number of barbiturate groups is 1. The summed E-state index contributed by atoms with van der Waals surface area (Å²) < 4.78 is 0. The summed E-state index contributed by atoms with van der Waals surface area (Å²) >= 11 is 0. The van der Waals surface area contributed by atoms with Crippen LogP contribution >= 0.6 is 0 Å². The highest BCUT2D eigenvalue weighted by atomic mass is 16.6. The molecule has 2 aromatic carbocycles. The number of carbonyl (C=O) groups is 3. The van der Waals surface area contributed by atoms with Crippen molar-refractivity contribution < 1.29 is 19.3 Å². The number of non-ortho nitro benzene ring substituents is 1. The van der Waals surface area contributed by atoms with E-state index in [0.29, 0.717) is 18.5 Å². The van der Waals surface area contributed by atoms with Crippen LogP contribution in [0.25, 0.3) is 0 Å². The molecule has 3 aliphatic rings. The molecule has 0 saturated carbocycles. The predicted octanol–water partition coefficient (Wildman–Crippen LogP) is 2.21. The Morgan fingerprint density at radius 1 is 1.13 bits per heavy atom. The monoisotopic (exact) mass is 420 g/mol. The topological polar surface area (TPSA) is 113 Å². The molecule has 9 nitrogen and oxygen atoms in total. The van der Waals surface area contributed by atoms with Gasteiger partial charge in [0.05, 0.1) is 11.0 Å². The van der Waals surface area contributed by atoms with Crippen molar-refractivity contribution in [1.29, 1.82) is 0 Å². The molecule has 31 heavy (non-hydrogen) atoms. The standard InChI is InChI=1S/C22H20N4O5/c1-24-20(28)22(19(27)23-21(24)29)11-14-9-16(26(30)31)7-8-17(14)25-12-15(10-18(22)25)13-5-3-2-4-6-13/h2-9,15,18H,10-12H2,1H3,(H,23,27,29)/t15-,18+,22-/m0/s1. The maximum atomic E-state index is 13.4. The Morgan fingerprint density at radius 3 is 2.58 bits per heavy atom. The van der Waals surface area contributed by atoms with Crippen LogP contribution in [-0.2, 0) is 16.0 Å². The smallest absolute Gasteiger partial charge is 0.330 e. The van der Waals surface area contributed by atoms with Gasteiger partial charge in [0, 0.05) is 43.8 Å². The van der Waals surface area contributed by atoms with Gasteiger partial charge in [-0.25, -0.2) is 4.79 Å². The number of hydrogen-bond acceptors (Lipinski definition) is 6. The molecule has 2 aromatic rings. The normalized spacial score (nSPS) is 27.2. The number of amides is 4. The van der Waals surface area contributed by atoms with Crippen LogP contribution in [0.1, 0.15) is 23.5 Å². The Morgan fingerprint density at radius 2 is 1.87 bits per heavy atom. The molecule has 9 heteroatoms. The maximum Gasteiger partial charge on any atom is 0.330 e. The van der Waals surface area contributed by atoms with Gasteiger partial charge in [0.2, 0.25) is 11.8 Å². The third-order valence-corrected chi connectivity index (χ3v) is 6.81. The molecule has 3 atom stereocenters. The van der Waals surface area contributed by atoms with E-state index >= 15 is 0 Å². The first-order valence-corrected chi connectivity index (χ1v) is 10.1. The number of hydrogen-bond donors (Lipinski definition) is 1. The van der Waals surface area contributed by atoms with Gasteiger partial charge < -0.3 is 4.90 Å². The number of rotatable bonds is 2. The molecule has 0 aliphatic carbocycles. The van der Waals surface area contributed by atoms with Crippen molar-refractivity contribution in [3.63, 3.8) is 0 Å². The Hall–Kier alpha value is -3.75. The lowest BCUT2D eigenvalue weighted by molar-refractivity contribution is -0.384. The van der Waals surface area contributed by atoms with Crippen molar-refractivity contribution >= 4 is 29.2 Å². The van der Waals surface area contributed by atoms with Gasteiger partial charge in [0.15, 0.2) is 5.41 Å². The van der Waals surface area contributed by atoms with Crippen LogP contribution in [0.4, 0.5) is 16.2 Å². The van der Waals surface area contributed by atoms with Gasteiger partial charge in [-0.2, -0.15) is 0 Å². The van der Waals surface area contributed by atoms with E-state index < -0.39 is 34.2 Å². The molecule has 3 heterocycles. The summed E-state index contributed by atoms with van der Waals surface area (Å²) in [6.45, 7) is 0.569. The molecule has 0 unspecified atom stereocenters. The van der Waals surface area contributed by atoms with Crippen molar-refractivity contribution in [2.24, 2.45) is 5.41 Å². The lowest BCUT2D eigenvalue weighted by Gasteiger charge is -2.48. The highest BCUT2D eigenvalue weighted by Gasteiger charge is 2.63. The fourth-order valence-electron chi connectivity index (χ4n) is 5.29. The second-order valence-electron chi connectivity index (χ2n) is 8.35. The van der Waals surface area contributed by atoms with Gasteiger partial charge >= 0.3 is 6.03 Å². The number of nitro groups is 1. The average Bonchev–Trinajstić information content (AvgIpc) is 3.22. The molecule has 1 spiro atoms. The lowest BCUT2D eigenvalue weighted by Crippen LogP contribution is -2.70. The fourth-order valence-corrected chi connectivity index (χ4v) is 5.29. The first kappa shape index (κ1) is 19.2. The summed E-state index contributed by atoms with van der Waals surface area (Å²) in [5, 5.41) is 13.7. The summed E-state index contributed by atoms with van der Waals surface area (Å²) in [5.74, 6) is -1.13. The molecule has 4 amide bonds. The van der Waals surface area contributed by atoms with E-state index in [1.807, 2.05) is 35.2 Å². The SMILES string of the molecule is CN1C(=O)NC(=O)[C@@]2(Cc3cc([N+](=O)[O-])ccc3N3C[C@@H](c4ccccc4)C[C@@H]32)C1=O. The van der Waals surface area contributed by atoms with Gasteiger partial charge in [0.1, 0.15) is 0 Å². The highest BCUT2D eigenvalue weighted by Crippen LogP contribution is 2.51. The first-order chi connectivity index (χ1) is 14.8. The van der Waals surface area contributed by atoms with Crippen LogP contribution < -0.4 is 10.2 Å². The predicted molar refractivity (Wildman–Crippen MR) is 110 cm³/mol. The summed E-state index contributed by atoms with van der Waals surface area (Å²) in [4.78, 5) is 52.5. The minimum absolute atomic E-state index is 0.00891. The Bertz CT molecular complexity index is 1130. The van der Waals surface area contributed by atoms with Gasteiger partial charge in [0.25, 0.3) is 5.69 Å². The Balaban J connectivity index is 1.67. The number of nitro benzene ring substituents is 1. The molecular formula is C22H20N4O5. The summed E-state index contributed by atoms with van der Waals surface area (Å²) in [6.07, 6.45) is 0.566. The molecule has 5 rings (SSSR count). The van der Waals surface area contributed by atoms with E-state index in [0.717, 1.165) is 16.2 Å². The van der Waals surface area contributed by atoms with Crippen molar-refractivity contribution in [2.75, 3.05) is 18.5 Å². The molecule has 0 bridgehead atoms. The number of fused-ring (bicyclic) bond motifs is 4. The number of urea groups is 1. The van der Waals surface area contributed by atoms with Crippen LogP contribution in [-0.4, -0.2) is 47.3 Å². The molecular weight excluding hydrogens is 400 g/mol. The number of anilines is 1. The molecule has 3 aliphatic heterocycles. The van der Waals surface area contributed by atoms with Crippen molar-refractivity contribution in [2.45, 2.75) is 24.8 Å². The molecule has 0 radical (unpaired) electrons. The van der Waals surface area contributed by atoms with Crippen LogP contribution in [0.3, 0.4) is 0 Å². The number of nitrogens with zero attached hydrogens (tertiary/aromatic N) is 3. The van der Waals surface area contributed by atoms with Crippen LogP contribution in [0.2, 0.25) is 0 Å². The van der Waals surface area contributed by atoms with Crippen LogP contribution in [0.5, 0.6) is 0 Å². The summed E-state index contributed by atoms with van der Waals surface area (Å²) in [7, 11) is 1.35. The maximum absolute atomic E-state index is 13.4. The first-order valence-electron chi connectivity index (χ1n) is 10.1. The minimum Gasteiger partial charge on any atom is -0.366 e. The molecule has 2 saturated heterocycles. The second kappa shape index (κ2) is 6.63. The van der Waals surface area contributed by atoms with Crippen LogP contribution in [0.15, 0.2) is 48.5 Å². The quantitative estimate of drug-likeness (QED) is 0.453. The fraction of sp³-hybridized carbons (Fsp3) is 0.318. The largest absolute Gasteiger partial charge is 0.366 e. The zero-order valence-electron chi connectivity index (χ0n) is 16.8. The van der Waals surface area contributed by atoms with Crippen molar-refractivity contribution in [3.05, 3.63) is 69.8 Å². The summed E-state index contributed by atoms with van der Waals surface area (Å²) in [5.41, 5.74) is 0.835. The lowest BCUT2D eigenvalue weighted by atomic mass is 9.68. The minimum atomic E-state index is -1.52. The van der Waals surface area contributed by atoms with Gasteiger partial charge in [-0.05, 0) is 23.6 Å². The molecule has 1 N–H and O–H groups in total. The van der Waals surface area contributed by atoms with E-state index in [-0.39, 0.29) is 18.0 Å². The molecule has 158 valence electrons. The van der Waals surface area contributed by atoms with Gasteiger partial charge in [-0.3, -0.25) is 29.9 Å². The zero-order chi connectivity index (χ0) is 21.9. The highest BCUT2D eigenvalue weighted by molar-refractivity contribution is 6.20. The third kappa shape index (κ3) is 2.66. The van der Waals surface area contributed by atoms with E-state index in [1.54, 1.807) is 6.07 Å².